The summed E-state index contributed by atoms with van der Waals surface area (Å²) in [5.74, 6) is 0. The number of hydrogen-bond acceptors (Lipinski definition) is 0. The maximum atomic E-state index is 12.5. The standard InChI is InChI=1S/C14H15F3.C13H18/c1-4-10(2)8-11(3)12-6-5-7-13(9-12)14(15,16)17;1-5-6-12-9-11(4)7-8-13(12)10(2)3/h4-9H,1-3H3;7-9H,2,5-6H2,1,3-4H3/b10-4-,11-8+;. The average molecular weight is 415 g/mol. The molecule has 0 amide bonds. The number of benzene rings is 2. The van der Waals surface area contributed by atoms with Gasteiger partial charge in [0.25, 0.3) is 0 Å². The minimum Gasteiger partial charge on any atom is -0.166 e. The van der Waals surface area contributed by atoms with E-state index in [0.29, 0.717) is 5.56 Å². The van der Waals surface area contributed by atoms with Crippen molar-refractivity contribution in [3.05, 3.63) is 94.6 Å². The Kier molecular flexibility index (Phi) is 9.84. The Bertz CT molecular complexity index is 912. The second-order valence-electron chi connectivity index (χ2n) is 7.63. The molecule has 0 unspecified atom stereocenters. The molecule has 0 fully saturated rings. The van der Waals surface area contributed by atoms with Crippen LogP contribution in [0.3, 0.4) is 0 Å². The molecule has 0 heterocycles. The van der Waals surface area contributed by atoms with Gasteiger partial charge in [-0.1, -0.05) is 79.1 Å². The van der Waals surface area contributed by atoms with Crippen LogP contribution in [0, 0.1) is 6.92 Å². The number of alkyl halides is 3. The molecule has 0 nitrogen and oxygen atoms in total. The minimum atomic E-state index is -4.29. The molecule has 162 valence electrons. The van der Waals surface area contributed by atoms with Crippen molar-refractivity contribution in [3.8, 4) is 0 Å². The van der Waals surface area contributed by atoms with Crippen LogP contribution in [0.15, 0.2) is 66.8 Å². The Morgan fingerprint density at radius 3 is 2.23 bits per heavy atom. The van der Waals surface area contributed by atoms with Gasteiger partial charge in [0.15, 0.2) is 0 Å². The van der Waals surface area contributed by atoms with E-state index in [-0.39, 0.29) is 0 Å². The van der Waals surface area contributed by atoms with Gasteiger partial charge < -0.3 is 0 Å². The van der Waals surface area contributed by atoms with E-state index < -0.39 is 11.7 Å². The van der Waals surface area contributed by atoms with Crippen molar-refractivity contribution in [2.45, 2.75) is 60.6 Å². The van der Waals surface area contributed by atoms with Gasteiger partial charge in [0.05, 0.1) is 5.56 Å². The van der Waals surface area contributed by atoms with E-state index in [1.165, 1.54) is 40.8 Å². The number of aryl methyl sites for hydroxylation is 2. The molecule has 0 saturated carbocycles. The van der Waals surface area contributed by atoms with Gasteiger partial charge in [-0.3, -0.25) is 0 Å². The van der Waals surface area contributed by atoms with Gasteiger partial charge in [0, 0.05) is 0 Å². The summed E-state index contributed by atoms with van der Waals surface area (Å²) in [4.78, 5) is 0. The van der Waals surface area contributed by atoms with E-state index in [2.05, 4.69) is 45.5 Å². The van der Waals surface area contributed by atoms with Gasteiger partial charge in [0.1, 0.15) is 0 Å². The van der Waals surface area contributed by atoms with Crippen LogP contribution in [0.25, 0.3) is 11.1 Å². The fourth-order valence-electron chi connectivity index (χ4n) is 3.06. The van der Waals surface area contributed by atoms with Crippen LogP contribution in [-0.4, -0.2) is 0 Å². The number of hydrogen-bond donors (Lipinski definition) is 0. The summed E-state index contributed by atoms with van der Waals surface area (Å²) in [5.41, 5.74) is 7.12. The summed E-state index contributed by atoms with van der Waals surface area (Å²) < 4.78 is 37.6. The molecule has 0 aromatic heterocycles. The molecule has 0 aliphatic rings. The molecule has 0 radical (unpaired) electrons. The zero-order chi connectivity index (χ0) is 22.9. The van der Waals surface area contributed by atoms with Crippen molar-refractivity contribution in [2.75, 3.05) is 0 Å². The van der Waals surface area contributed by atoms with Crippen LogP contribution in [-0.2, 0) is 12.6 Å². The van der Waals surface area contributed by atoms with Gasteiger partial charge in [-0.2, -0.15) is 13.2 Å². The van der Waals surface area contributed by atoms with Crippen molar-refractivity contribution in [3.63, 3.8) is 0 Å². The van der Waals surface area contributed by atoms with Gasteiger partial charge in [-0.15, -0.1) is 0 Å². The summed E-state index contributed by atoms with van der Waals surface area (Å²) in [6.07, 6.45) is 1.85. The molecule has 0 N–H and O–H groups in total. The Balaban J connectivity index is 0.000000311. The maximum Gasteiger partial charge on any atom is 0.416 e. The van der Waals surface area contributed by atoms with E-state index >= 15 is 0 Å². The molecule has 2 aromatic carbocycles. The third-order valence-electron chi connectivity index (χ3n) is 4.78. The number of rotatable bonds is 5. The Hall–Kier alpha value is -2.55. The monoisotopic (exact) mass is 414 g/mol. The summed E-state index contributed by atoms with van der Waals surface area (Å²) >= 11 is 0. The third kappa shape index (κ3) is 8.06. The largest absolute Gasteiger partial charge is 0.416 e. The number of allylic oxidation sites excluding steroid dienone is 5. The first-order chi connectivity index (χ1) is 14.0. The molecule has 0 atom stereocenters. The topological polar surface area (TPSA) is 0 Å². The fourth-order valence-corrected chi connectivity index (χ4v) is 3.06. The predicted molar refractivity (Wildman–Crippen MR) is 124 cm³/mol. The van der Waals surface area contributed by atoms with E-state index in [1.54, 1.807) is 6.07 Å². The van der Waals surface area contributed by atoms with Gasteiger partial charge in [-0.25, -0.2) is 0 Å². The maximum absolute atomic E-state index is 12.5. The molecule has 0 saturated heterocycles. The fraction of sp³-hybridized carbons (Fsp3) is 0.333. The predicted octanol–water partition coefficient (Wildman–Crippen LogP) is 9.06. The lowest BCUT2D eigenvalue weighted by Crippen LogP contribution is -2.04. The third-order valence-corrected chi connectivity index (χ3v) is 4.78. The molecule has 3 heteroatoms. The lowest BCUT2D eigenvalue weighted by atomic mass is 9.97. The van der Waals surface area contributed by atoms with Crippen LogP contribution in [0.5, 0.6) is 0 Å². The molecule has 2 aromatic rings. The Labute approximate surface area is 179 Å². The summed E-state index contributed by atoms with van der Waals surface area (Å²) in [7, 11) is 0. The van der Waals surface area contributed by atoms with Crippen LogP contribution in [0.2, 0.25) is 0 Å². The molecule has 0 bridgehead atoms. The highest BCUT2D eigenvalue weighted by Gasteiger charge is 2.30. The van der Waals surface area contributed by atoms with Crippen LogP contribution >= 0.6 is 0 Å². The van der Waals surface area contributed by atoms with Gasteiger partial charge in [-0.05, 0) is 75.4 Å². The van der Waals surface area contributed by atoms with Crippen molar-refractivity contribution in [1.29, 1.82) is 0 Å². The first-order valence-corrected chi connectivity index (χ1v) is 10.2. The van der Waals surface area contributed by atoms with E-state index in [9.17, 15) is 13.2 Å². The molecule has 0 aliphatic carbocycles. The minimum absolute atomic E-state index is 0.598. The zero-order valence-corrected chi connectivity index (χ0v) is 19.0. The highest BCUT2D eigenvalue weighted by molar-refractivity contribution is 5.67. The quantitative estimate of drug-likeness (QED) is 0.428. The lowest BCUT2D eigenvalue weighted by molar-refractivity contribution is -0.137. The van der Waals surface area contributed by atoms with Crippen LogP contribution in [0.1, 0.15) is 68.9 Å². The van der Waals surface area contributed by atoms with E-state index in [0.717, 1.165) is 23.6 Å². The first-order valence-electron chi connectivity index (χ1n) is 10.2. The second-order valence-corrected chi connectivity index (χ2v) is 7.63. The summed E-state index contributed by atoms with van der Waals surface area (Å²) in [5, 5.41) is 0. The van der Waals surface area contributed by atoms with Gasteiger partial charge in [0.2, 0.25) is 0 Å². The SMILES string of the molecule is C/C=C(C)\C=C(/C)c1cccc(C(F)(F)F)c1.C=C(C)c1ccc(C)cc1CCC. The normalized spacial score (nSPS) is 12.3. The van der Waals surface area contributed by atoms with Crippen molar-refractivity contribution in [1.82, 2.24) is 0 Å². The van der Waals surface area contributed by atoms with Crippen molar-refractivity contribution in [2.24, 2.45) is 0 Å². The van der Waals surface area contributed by atoms with Crippen molar-refractivity contribution < 1.29 is 13.2 Å². The van der Waals surface area contributed by atoms with Crippen molar-refractivity contribution >= 4 is 11.1 Å². The van der Waals surface area contributed by atoms with Crippen LogP contribution in [0.4, 0.5) is 13.2 Å². The smallest absolute Gasteiger partial charge is 0.166 e. The highest BCUT2D eigenvalue weighted by atomic mass is 19.4. The second kappa shape index (κ2) is 11.6. The molecule has 0 spiro atoms. The van der Waals surface area contributed by atoms with Gasteiger partial charge >= 0.3 is 6.18 Å². The van der Waals surface area contributed by atoms with Crippen LogP contribution < -0.4 is 0 Å². The molecular formula is C27H33F3. The molecular weight excluding hydrogens is 381 g/mol. The molecule has 2 rings (SSSR count). The highest BCUT2D eigenvalue weighted by Crippen LogP contribution is 2.31. The van der Waals surface area contributed by atoms with E-state index in [1.807, 2.05) is 32.9 Å². The zero-order valence-electron chi connectivity index (χ0n) is 19.0. The number of halogens is 3. The van der Waals surface area contributed by atoms with E-state index in [4.69, 9.17) is 0 Å². The molecule has 0 aliphatic heterocycles. The summed E-state index contributed by atoms with van der Waals surface area (Å²) in [6, 6.07) is 12.0. The first kappa shape index (κ1) is 25.5. The Morgan fingerprint density at radius 2 is 1.70 bits per heavy atom. The molecule has 30 heavy (non-hydrogen) atoms. The average Bonchev–Trinajstić information content (AvgIpc) is 2.68. The lowest BCUT2D eigenvalue weighted by Gasteiger charge is -2.09. The summed E-state index contributed by atoms with van der Waals surface area (Å²) in [6.45, 7) is 16.0. The Morgan fingerprint density at radius 1 is 1.03 bits per heavy atom.